The van der Waals surface area contributed by atoms with Gasteiger partial charge in [0.2, 0.25) is 0 Å². The van der Waals surface area contributed by atoms with Crippen molar-refractivity contribution >= 4 is 5.97 Å². The lowest BCUT2D eigenvalue weighted by Crippen LogP contribution is -2.09. The number of benzene rings is 2. The molecule has 2 aromatic rings. The standard InChI is InChI=1S/C17H17FO3/c1-21-16-7-5-12(6-8-16)9-14(11-17(19)20)13-3-2-4-15(18)10-13/h2-8,10,14H,9,11H2,1H3,(H,19,20)/t14-/m0/s1. The minimum absolute atomic E-state index is 0.0323. The summed E-state index contributed by atoms with van der Waals surface area (Å²) in [5.74, 6) is -0.749. The number of ether oxygens (including phenoxy) is 1. The van der Waals surface area contributed by atoms with Crippen LogP contribution in [0.15, 0.2) is 48.5 Å². The summed E-state index contributed by atoms with van der Waals surface area (Å²) in [5, 5.41) is 9.06. The van der Waals surface area contributed by atoms with E-state index in [1.54, 1.807) is 19.2 Å². The third-order valence-corrected chi connectivity index (χ3v) is 3.38. The van der Waals surface area contributed by atoms with Gasteiger partial charge in [-0.1, -0.05) is 24.3 Å². The molecule has 0 bridgehead atoms. The van der Waals surface area contributed by atoms with E-state index in [2.05, 4.69) is 0 Å². The van der Waals surface area contributed by atoms with Crippen LogP contribution in [0.4, 0.5) is 4.39 Å². The van der Waals surface area contributed by atoms with E-state index in [9.17, 15) is 9.18 Å². The second kappa shape index (κ2) is 6.88. The zero-order valence-electron chi connectivity index (χ0n) is 11.8. The van der Waals surface area contributed by atoms with Crippen LogP contribution in [0.3, 0.4) is 0 Å². The summed E-state index contributed by atoms with van der Waals surface area (Å²) in [7, 11) is 1.59. The Bertz CT molecular complexity index is 608. The van der Waals surface area contributed by atoms with Crippen molar-refractivity contribution in [2.24, 2.45) is 0 Å². The van der Waals surface area contributed by atoms with Crippen LogP contribution in [0.5, 0.6) is 5.75 Å². The van der Waals surface area contributed by atoms with E-state index in [1.807, 2.05) is 24.3 Å². The van der Waals surface area contributed by atoms with Gasteiger partial charge in [-0.05, 0) is 47.7 Å². The van der Waals surface area contributed by atoms with Crippen LogP contribution in [-0.4, -0.2) is 18.2 Å². The Hall–Kier alpha value is -2.36. The number of hydrogen-bond acceptors (Lipinski definition) is 2. The molecular weight excluding hydrogens is 271 g/mol. The van der Waals surface area contributed by atoms with Crippen LogP contribution in [-0.2, 0) is 11.2 Å². The van der Waals surface area contributed by atoms with Crippen molar-refractivity contribution < 1.29 is 19.0 Å². The summed E-state index contributed by atoms with van der Waals surface area (Å²) >= 11 is 0. The average molecular weight is 288 g/mol. The van der Waals surface area contributed by atoms with Crippen LogP contribution in [0, 0.1) is 5.82 Å². The summed E-state index contributed by atoms with van der Waals surface area (Å²) in [6.45, 7) is 0. The maximum Gasteiger partial charge on any atom is 0.303 e. The minimum atomic E-state index is -0.891. The lowest BCUT2D eigenvalue weighted by Gasteiger charge is -2.16. The zero-order valence-corrected chi connectivity index (χ0v) is 11.8. The van der Waals surface area contributed by atoms with Crippen LogP contribution in [0.25, 0.3) is 0 Å². The summed E-state index contributed by atoms with van der Waals surface area (Å²) < 4.78 is 18.4. The topological polar surface area (TPSA) is 46.5 Å². The molecule has 0 saturated heterocycles. The highest BCUT2D eigenvalue weighted by Crippen LogP contribution is 2.26. The molecule has 3 nitrogen and oxygen atoms in total. The lowest BCUT2D eigenvalue weighted by molar-refractivity contribution is -0.137. The molecule has 0 unspecified atom stereocenters. The lowest BCUT2D eigenvalue weighted by atomic mass is 9.89. The van der Waals surface area contributed by atoms with Gasteiger partial charge in [-0.25, -0.2) is 4.39 Å². The fourth-order valence-electron chi connectivity index (χ4n) is 2.33. The number of carboxylic acids is 1. The van der Waals surface area contributed by atoms with Crippen molar-refractivity contribution in [3.63, 3.8) is 0 Å². The van der Waals surface area contributed by atoms with E-state index < -0.39 is 5.97 Å². The van der Waals surface area contributed by atoms with Gasteiger partial charge in [-0.2, -0.15) is 0 Å². The quantitative estimate of drug-likeness (QED) is 0.882. The molecule has 0 saturated carbocycles. The third kappa shape index (κ3) is 4.31. The van der Waals surface area contributed by atoms with E-state index >= 15 is 0 Å². The predicted octanol–water partition coefficient (Wildman–Crippen LogP) is 3.64. The molecule has 0 amide bonds. The van der Waals surface area contributed by atoms with Gasteiger partial charge in [0, 0.05) is 0 Å². The molecule has 2 aromatic carbocycles. The Labute approximate surface area is 123 Å². The van der Waals surface area contributed by atoms with E-state index in [4.69, 9.17) is 9.84 Å². The van der Waals surface area contributed by atoms with Crippen LogP contribution < -0.4 is 4.74 Å². The Morgan fingerprint density at radius 2 is 1.95 bits per heavy atom. The number of methoxy groups -OCH3 is 1. The third-order valence-electron chi connectivity index (χ3n) is 3.38. The summed E-state index contributed by atoms with van der Waals surface area (Å²) in [6.07, 6.45) is 0.509. The number of rotatable bonds is 6. The molecule has 1 N–H and O–H groups in total. The van der Waals surface area contributed by atoms with Gasteiger partial charge in [0.15, 0.2) is 0 Å². The molecule has 0 aromatic heterocycles. The van der Waals surface area contributed by atoms with Crippen molar-refractivity contribution in [2.75, 3.05) is 7.11 Å². The molecule has 0 aliphatic heterocycles. The zero-order chi connectivity index (χ0) is 15.2. The van der Waals surface area contributed by atoms with Crippen LogP contribution in [0.1, 0.15) is 23.5 Å². The highest BCUT2D eigenvalue weighted by atomic mass is 19.1. The summed E-state index contributed by atoms with van der Waals surface area (Å²) in [6, 6.07) is 13.6. The number of hydrogen-bond donors (Lipinski definition) is 1. The first-order valence-electron chi connectivity index (χ1n) is 6.68. The highest BCUT2D eigenvalue weighted by molar-refractivity contribution is 5.68. The van der Waals surface area contributed by atoms with Gasteiger partial charge in [-0.15, -0.1) is 0 Å². The minimum Gasteiger partial charge on any atom is -0.497 e. The smallest absolute Gasteiger partial charge is 0.303 e. The van der Waals surface area contributed by atoms with Gasteiger partial charge in [0.25, 0.3) is 0 Å². The van der Waals surface area contributed by atoms with Gasteiger partial charge < -0.3 is 9.84 Å². The molecule has 0 fully saturated rings. The van der Waals surface area contributed by atoms with Gasteiger partial charge in [0.1, 0.15) is 11.6 Å². The molecule has 0 radical (unpaired) electrons. The first-order chi connectivity index (χ1) is 10.1. The van der Waals surface area contributed by atoms with E-state index in [1.165, 1.54) is 12.1 Å². The molecule has 0 aliphatic carbocycles. The first-order valence-corrected chi connectivity index (χ1v) is 6.68. The van der Waals surface area contributed by atoms with Crippen molar-refractivity contribution in [1.82, 2.24) is 0 Å². The molecule has 4 heteroatoms. The molecule has 21 heavy (non-hydrogen) atoms. The molecule has 110 valence electrons. The second-order valence-electron chi connectivity index (χ2n) is 4.90. The monoisotopic (exact) mass is 288 g/mol. The van der Waals surface area contributed by atoms with E-state index in [-0.39, 0.29) is 18.2 Å². The fourth-order valence-corrected chi connectivity index (χ4v) is 2.33. The van der Waals surface area contributed by atoms with Gasteiger partial charge >= 0.3 is 5.97 Å². The number of aliphatic carboxylic acids is 1. The second-order valence-corrected chi connectivity index (χ2v) is 4.90. The Kier molecular flexibility index (Phi) is 4.93. The normalized spacial score (nSPS) is 11.9. The van der Waals surface area contributed by atoms with Crippen molar-refractivity contribution in [2.45, 2.75) is 18.8 Å². The maximum absolute atomic E-state index is 13.3. The highest BCUT2D eigenvalue weighted by Gasteiger charge is 2.17. The SMILES string of the molecule is COc1ccc(C[C@@H](CC(=O)O)c2cccc(F)c2)cc1. The van der Waals surface area contributed by atoms with E-state index in [0.29, 0.717) is 12.0 Å². The fraction of sp³-hybridized carbons (Fsp3) is 0.235. The van der Waals surface area contributed by atoms with Gasteiger partial charge in [-0.3, -0.25) is 4.79 Å². The Balaban J connectivity index is 2.21. The molecular formula is C17H17FO3. The predicted molar refractivity (Wildman–Crippen MR) is 78.1 cm³/mol. The van der Waals surface area contributed by atoms with E-state index in [0.717, 1.165) is 11.3 Å². The average Bonchev–Trinajstić information content (AvgIpc) is 2.47. The molecule has 2 rings (SSSR count). The molecule has 1 atom stereocenters. The van der Waals surface area contributed by atoms with Crippen molar-refractivity contribution in [3.8, 4) is 5.75 Å². The molecule has 0 spiro atoms. The maximum atomic E-state index is 13.3. The van der Waals surface area contributed by atoms with Crippen molar-refractivity contribution in [1.29, 1.82) is 0 Å². The van der Waals surface area contributed by atoms with Crippen LogP contribution >= 0.6 is 0 Å². The number of carbonyl (C=O) groups is 1. The number of carboxylic acid groups (broad SMARTS) is 1. The Morgan fingerprint density at radius 3 is 2.52 bits per heavy atom. The summed E-state index contributed by atoms with van der Waals surface area (Å²) in [5.41, 5.74) is 1.69. The first kappa shape index (κ1) is 15.0. The van der Waals surface area contributed by atoms with Crippen LogP contribution in [0.2, 0.25) is 0 Å². The largest absolute Gasteiger partial charge is 0.497 e. The van der Waals surface area contributed by atoms with Crippen molar-refractivity contribution in [3.05, 3.63) is 65.5 Å². The molecule has 0 heterocycles. The molecule has 0 aliphatic rings. The van der Waals surface area contributed by atoms with Gasteiger partial charge in [0.05, 0.1) is 13.5 Å². The Morgan fingerprint density at radius 1 is 1.24 bits per heavy atom. The number of halogens is 1. The summed E-state index contributed by atoms with van der Waals surface area (Å²) in [4.78, 5) is 11.0.